The molecule has 3 amide bonds. The monoisotopic (exact) mass is 516 g/mol. The smallest absolute Gasteiger partial charge is 0.256 e. The van der Waals surface area contributed by atoms with Gasteiger partial charge < -0.3 is 15.0 Å². The molecule has 1 atom stereocenters. The highest BCUT2D eigenvalue weighted by Crippen LogP contribution is 2.39. The molecule has 2 fully saturated rings. The zero-order chi connectivity index (χ0) is 26.7. The summed E-state index contributed by atoms with van der Waals surface area (Å²) in [5.41, 5.74) is 1.54. The van der Waals surface area contributed by atoms with Crippen molar-refractivity contribution in [2.75, 3.05) is 19.7 Å². The van der Waals surface area contributed by atoms with Crippen LogP contribution in [0.2, 0.25) is 0 Å². The van der Waals surface area contributed by atoms with Crippen molar-refractivity contribution in [3.05, 3.63) is 101 Å². The Hall–Kier alpha value is -4.11. The summed E-state index contributed by atoms with van der Waals surface area (Å²) >= 11 is 0. The summed E-state index contributed by atoms with van der Waals surface area (Å²) in [5.74, 6) is -1.35. The van der Waals surface area contributed by atoms with Gasteiger partial charge in [-0.05, 0) is 55.0 Å². The number of nitrogens with zero attached hydrogens (tertiary/aromatic N) is 3. The maximum absolute atomic E-state index is 13.9. The number of amides is 3. The number of hydrogen-bond donors (Lipinski definition) is 1. The Balaban J connectivity index is 1.37. The van der Waals surface area contributed by atoms with E-state index in [4.69, 9.17) is 4.74 Å². The summed E-state index contributed by atoms with van der Waals surface area (Å²) < 4.78 is 19.9. The average molecular weight is 517 g/mol. The van der Waals surface area contributed by atoms with Gasteiger partial charge in [0.25, 0.3) is 11.8 Å². The van der Waals surface area contributed by atoms with Crippen molar-refractivity contribution in [2.45, 2.75) is 38.1 Å². The van der Waals surface area contributed by atoms with E-state index in [9.17, 15) is 18.8 Å². The Bertz CT molecular complexity index is 1340. The minimum Gasteiger partial charge on any atom is -0.353 e. The van der Waals surface area contributed by atoms with E-state index in [1.54, 1.807) is 40.4 Å². The number of aryl methyl sites for hydroxylation is 1. The summed E-state index contributed by atoms with van der Waals surface area (Å²) in [6.07, 6.45) is 3.97. The number of likely N-dealkylation sites (tertiary alicyclic amines) is 1. The highest BCUT2D eigenvalue weighted by molar-refractivity contribution is 5.99. The molecule has 8 nitrogen and oxygen atoms in total. The number of aromatic nitrogens is 1. The normalized spacial score (nSPS) is 18.4. The third kappa shape index (κ3) is 5.15. The number of benzene rings is 2. The lowest BCUT2D eigenvalue weighted by Gasteiger charge is -2.44. The van der Waals surface area contributed by atoms with Gasteiger partial charge in [-0.15, -0.1) is 0 Å². The van der Waals surface area contributed by atoms with Crippen molar-refractivity contribution in [2.24, 2.45) is 0 Å². The maximum Gasteiger partial charge on any atom is 0.256 e. The highest BCUT2D eigenvalue weighted by Gasteiger charge is 2.54. The highest BCUT2D eigenvalue weighted by atomic mass is 19.1. The molecule has 0 aliphatic carbocycles. The number of hydrogen-bond acceptors (Lipinski definition) is 5. The molecule has 2 aliphatic rings. The van der Waals surface area contributed by atoms with Crippen LogP contribution < -0.4 is 5.32 Å². The second kappa shape index (κ2) is 10.7. The summed E-state index contributed by atoms with van der Waals surface area (Å²) in [6, 6.07) is 15.6. The first-order chi connectivity index (χ1) is 18.4. The van der Waals surface area contributed by atoms with E-state index in [0.717, 1.165) is 11.1 Å². The first-order valence-electron chi connectivity index (χ1n) is 12.6. The molecular formula is C29H29FN4O4. The first kappa shape index (κ1) is 25.5. The third-order valence-electron chi connectivity index (χ3n) is 7.17. The van der Waals surface area contributed by atoms with Gasteiger partial charge in [-0.1, -0.05) is 23.8 Å². The van der Waals surface area contributed by atoms with Crippen LogP contribution in [0.15, 0.2) is 73.1 Å². The lowest BCUT2D eigenvalue weighted by atomic mass is 9.95. The molecule has 1 N–H and O–H groups in total. The van der Waals surface area contributed by atoms with Crippen LogP contribution in [0.25, 0.3) is 0 Å². The Kier molecular flexibility index (Phi) is 7.20. The molecule has 3 aromatic rings. The van der Waals surface area contributed by atoms with E-state index >= 15 is 0 Å². The van der Waals surface area contributed by atoms with Gasteiger partial charge in [0.15, 0.2) is 0 Å². The topological polar surface area (TPSA) is 91.8 Å². The zero-order valence-corrected chi connectivity index (χ0v) is 21.1. The standard InChI is InChI=1S/C29H29FN4O4/c1-20-4-2-5-22(16-20)28(37)34-25(26(35)32-18-21-8-12-31-13-9-21)19-38-29(34)10-14-33(15-11-29)27(36)23-6-3-7-24(30)17-23/h2-9,12-13,16-17,25H,10-11,14-15,18-19H2,1H3,(H,32,35)/t25-/m1/s1. The molecule has 38 heavy (non-hydrogen) atoms. The average Bonchev–Trinajstić information content (AvgIpc) is 3.30. The number of pyridine rings is 1. The molecule has 2 aromatic carbocycles. The van der Waals surface area contributed by atoms with Crippen molar-refractivity contribution in [3.8, 4) is 0 Å². The maximum atomic E-state index is 13.9. The van der Waals surface area contributed by atoms with Crippen molar-refractivity contribution in [1.82, 2.24) is 20.1 Å². The predicted molar refractivity (Wildman–Crippen MR) is 137 cm³/mol. The Morgan fingerprint density at radius 2 is 1.68 bits per heavy atom. The minimum absolute atomic E-state index is 0.0532. The Morgan fingerprint density at radius 1 is 1.00 bits per heavy atom. The molecule has 2 aliphatic heterocycles. The molecule has 2 saturated heterocycles. The van der Waals surface area contributed by atoms with E-state index in [0.29, 0.717) is 38.0 Å². The number of halogens is 1. The Labute approximate surface area is 220 Å². The van der Waals surface area contributed by atoms with E-state index in [1.807, 2.05) is 31.2 Å². The molecule has 0 saturated carbocycles. The van der Waals surface area contributed by atoms with Gasteiger partial charge in [-0.3, -0.25) is 24.3 Å². The molecule has 9 heteroatoms. The Morgan fingerprint density at radius 3 is 2.37 bits per heavy atom. The van der Waals surface area contributed by atoms with Gasteiger partial charge >= 0.3 is 0 Å². The molecule has 3 heterocycles. The fourth-order valence-corrected chi connectivity index (χ4v) is 5.16. The SMILES string of the molecule is Cc1cccc(C(=O)N2[C@@H](C(=O)NCc3ccncc3)COC23CCN(C(=O)c2cccc(F)c2)CC3)c1. The van der Waals surface area contributed by atoms with E-state index in [1.165, 1.54) is 18.2 Å². The molecule has 0 radical (unpaired) electrons. The first-order valence-corrected chi connectivity index (χ1v) is 12.6. The fraction of sp³-hybridized carbons (Fsp3) is 0.310. The second-order valence-corrected chi connectivity index (χ2v) is 9.69. The minimum atomic E-state index is -1.03. The van der Waals surface area contributed by atoms with Crippen LogP contribution in [0.5, 0.6) is 0 Å². The van der Waals surface area contributed by atoms with Gasteiger partial charge in [-0.2, -0.15) is 0 Å². The van der Waals surface area contributed by atoms with Gasteiger partial charge in [0.1, 0.15) is 17.6 Å². The molecule has 1 spiro atoms. The van der Waals surface area contributed by atoms with Crippen LogP contribution in [0, 0.1) is 12.7 Å². The van der Waals surface area contributed by atoms with Crippen LogP contribution >= 0.6 is 0 Å². The van der Waals surface area contributed by atoms with Gasteiger partial charge in [0.2, 0.25) is 5.91 Å². The molecular weight excluding hydrogens is 487 g/mol. The van der Waals surface area contributed by atoms with Crippen LogP contribution in [0.4, 0.5) is 4.39 Å². The summed E-state index contributed by atoms with van der Waals surface area (Å²) in [6.45, 7) is 2.86. The van der Waals surface area contributed by atoms with Gasteiger partial charge in [0.05, 0.1) is 6.61 Å². The van der Waals surface area contributed by atoms with E-state index in [2.05, 4.69) is 10.3 Å². The van der Waals surface area contributed by atoms with E-state index in [-0.39, 0.29) is 29.9 Å². The lowest BCUT2D eigenvalue weighted by Crippen LogP contribution is -2.59. The second-order valence-electron chi connectivity index (χ2n) is 9.69. The summed E-state index contributed by atoms with van der Waals surface area (Å²) in [7, 11) is 0. The number of piperidine rings is 1. The third-order valence-corrected chi connectivity index (χ3v) is 7.17. The van der Waals surface area contributed by atoms with E-state index < -0.39 is 17.6 Å². The van der Waals surface area contributed by atoms with Crippen molar-refractivity contribution < 1.29 is 23.5 Å². The number of rotatable bonds is 5. The molecule has 0 bridgehead atoms. The predicted octanol–water partition coefficient (Wildman–Crippen LogP) is 3.32. The van der Waals surface area contributed by atoms with Crippen LogP contribution in [0.1, 0.15) is 44.7 Å². The van der Waals surface area contributed by atoms with Crippen molar-refractivity contribution >= 4 is 17.7 Å². The molecule has 0 unspecified atom stereocenters. The zero-order valence-electron chi connectivity index (χ0n) is 21.1. The number of nitrogens with one attached hydrogen (secondary N) is 1. The van der Waals surface area contributed by atoms with Crippen molar-refractivity contribution in [1.29, 1.82) is 0 Å². The van der Waals surface area contributed by atoms with Crippen LogP contribution in [-0.2, 0) is 16.1 Å². The van der Waals surface area contributed by atoms with Crippen molar-refractivity contribution in [3.63, 3.8) is 0 Å². The number of carbonyl (C=O) groups is 3. The number of ether oxygens (including phenoxy) is 1. The molecule has 1 aromatic heterocycles. The fourth-order valence-electron chi connectivity index (χ4n) is 5.16. The van der Waals surface area contributed by atoms with Gasteiger partial charge in [-0.25, -0.2) is 4.39 Å². The summed E-state index contributed by atoms with van der Waals surface area (Å²) in [4.78, 5) is 47.4. The summed E-state index contributed by atoms with van der Waals surface area (Å²) in [5, 5.41) is 2.92. The van der Waals surface area contributed by atoms with Crippen LogP contribution in [-0.4, -0.2) is 64.0 Å². The van der Waals surface area contributed by atoms with Crippen LogP contribution in [0.3, 0.4) is 0 Å². The largest absolute Gasteiger partial charge is 0.353 e. The van der Waals surface area contributed by atoms with Gasteiger partial charge in [0, 0.05) is 56.0 Å². The molecule has 196 valence electrons. The quantitative estimate of drug-likeness (QED) is 0.562. The molecule has 5 rings (SSSR count). The lowest BCUT2D eigenvalue weighted by molar-refractivity contribution is -0.128. The number of carbonyl (C=O) groups excluding carboxylic acids is 3.